The van der Waals surface area contributed by atoms with Gasteiger partial charge < -0.3 is 0 Å². The Labute approximate surface area is 387 Å². The molecule has 14 rings (SSSR count). The molecule has 2 aliphatic rings. The minimum atomic E-state index is -0.486. The van der Waals surface area contributed by atoms with Crippen molar-refractivity contribution in [2.75, 3.05) is 0 Å². The number of hydrogen-bond donors (Lipinski definition) is 0. The van der Waals surface area contributed by atoms with E-state index in [1.165, 1.54) is 103 Å². The third-order valence-electron chi connectivity index (χ3n) is 14.3. The summed E-state index contributed by atoms with van der Waals surface area (Å²) in [7, 11) is 0. The van der Waals surface area contributed by atoms with E-state index in [2.05, 4.69) is 237 Å². The first kappa shape index (κ1) is 37.3. The lowest BCUT2D eigenvalue weighted by Crippen LogP contribution is -2.32. The molecule has 306 valence electrons. The lowest BCUT2D eigenvalue weighted by atomic mass is 9.67. The van der Waals surface area contributed by atoms with E-state index < -0.39 is 5.41 Å². The van der Waals surface area contributed by atoms with Gasteiger partial charge in [0.25, 0.3) is 0 Å². The smallest absolute Gasteiger partial charge is 0.0788 e. The van der Waals surface area contributed by atoms with E-state index in [9.17, 15) is 0 Å². The highest BCUT2D eigenvalue weighted by molar-refractivity contribution is 7.99. The van der Waals surface area contributed by atoms with Crippen molar-refractivity contribution in [1.82, 2.24) is 4.98 Å². The van der Waals surface area contributed by atoms with Crippen LogP contribution in [-0.2, 0) is 5.41 Å². The van der Waals surface area contributed by atoms with Crippen LogP contribution >= 0.6 is 11.8 Å². The van der Waals surface area contributed by atoms with E-state index in [0.29, 0.717) is 0 Å². The molecule has 2 heterocycles. The molecule has 0 N–H and O–H groups in total. The van der Waals surface area contributed by atoms with Crippen LogP contribution in [0.5, 0.6) is 0 Å². The van der Waals surface area contributed by atoms with Crippen molar-refractivity contribution < 1.29 is 0 Å². The first-order valence-electron chi connectivity index (χ1n) is 22.8. The highest BCUT2D eigenvalue weighted by atomic mass is 32.2. The number of fused-ring (bicyclic) bond motifs is 14. The SMILES string of the molecule is c1ccc(-c2ccc(-c3c4ccccc4c(-c4ccc5nc(-c6ccccc6)c6cc7c(cc6c5c4)C4(c5ccccc5S7)c5ccccc5-c5ccccc54)c4ccccc34)cc2)cc1. The summed E-state index contributed by atoms with van der Waals surface area (Å²) >= 11 is 1.89. The van der Waals surface area contributed by atoms with E-state index in [1.54, 1.807) is 0 Å². The van der Waals surface area contributed by atoms with Crippen molar-refractivity contribution in [3.63, 3.8) is 0 Å². The third kappa shape index (κ3) is 5.34. The van der Waals surface area contributed by atoms with Crippen LogP contribution in [0, 0.1) is 0 Å². The molecule has 0 amide bonds. The van der Waals surface area contributed by atoms with E-state index in [-0.39, 0.29) is 0 Å². The van der Waals surface area contributed by atoms with Crippen molar-refractivity contribution in [2.24, 2.45) is 0 Å². The van der Waals surface area contributed by atoms with Gasteiger partial charge in [-0.15, -0.1) is 0 Å². The van der Waals surface area contributed by atoms with Crippen molar-refractivity contribution in [3.8, 4) is 55.8 Å². The second kappa shape index (κ2) is 14.5. The second-order valence-corrected chi connectivity index (χ2v) is 18.8. The fraction of sp³-hybridized carbons (Fsp3) is 0.0156. The van der Waals surface area contributed by atoms with Gasteiger partial charge in [-0.25, -0.2) is 4.98 Å². The first-order chi connectivity index (χ1) is 32.7. The summed E-state index contributed by atoms with van der Waals surface area (Å²) in [6, 6.07) is 87.7. The molecule has 1 spiro atoms. The molecular weight excluding hydrogens is 815 g/mol. The van der Waals surface area contributed by atoms with Gasteiger partial charge in [-0.05, 0) is 124 Å². The van der Waals surface area contributed by atoms with Crippen molar-refractivity contribution in [3.05, 3.63) is 259 Å². The van der Waals surface area contributed by atoms with Gasteiger partial charge >= 0.3 is 0 Å². The lowest BCUT2D eigenvalue weighted by Gasteiger charge is -2.40. The van der Waals surface area contributed by atoms with Crippen LogP contribution < -0.4 is 0 Å². The molecule has 0 saturated carbocycles. The van der Waals surface area contributed by atoms with Gasteiger partial charge in [0.05, 0.1) is 16.6 Å². The van der Waals surface area contributed by atoms with E-state index >= 15 is 0 Å². The molecule has 1 nitrogen and oxygen atoms in total. The molecule has 2 heteroatoms. The van der Waals surface area contributed by atoms with Crippen molar-refractivity contribution in [1.29, 1.82) is 0 Å². The summed E-state index contributed by atoms with van der Waals surface area (Å²) in [4.78, 5) is 8.12. The second-order valence-electron chi connectivity index (χ2n) is 17.7. The predicted molar refractivity (Wildman–Crippen MR) is 277 cm³/mol. The molecule has 0 radical (unpaired) electrons. The number of benzene rings is 11. The number of pyridine rings is 1. The zero-order chi connectivity index (χ0) is 43.3. The molecule has 12 aromatic rings. The molecular formula is C64H39NS. The minimum Gasteiger partial charge on any atom is -0.247 e. The van der Waals surface area contributed by atoms with Gasteiger partial charge in [-0.3, -0.25) is 0 Å². The van der Waals surface area contributed by atoms with Gasteiger partial charge in [0.15, 0.2) is 0 Å². The van der Waals surface area contributed by atoms with Crippen LogP contribution in [0.3, 0.4) is 0 Å². The van der Waals surface area contributed by atoms with Gasteiger partial charge in [0, 0.05) is 26.1 Å². The van der Waals surface area contributed by atoms with Crippen LogP contribution in [0.4, 0.5) is 0 Å². The molecule has 66 heavy (non-hydrogen) atoms. The van der Waals surface area contributed by atoms with Gasteiger partial charge in [0.1, 0.15) is 0 Å². The Kier molecular flexibility index (Phi) is 8.20. The van der Waals surface area contributed by atoms with Crippen LogP contribution in [0.15, 0.2) is 246 Å². The molecule has 0 unspecified atom stereocenters. The highest BCUT2D eigenvalue weighted by Gasteiger charge is 2.50. The maximum atomic E-state index is 5.56. The maximum Gasteiger partial charge on any atom is 0.0788 e. The van der Waals surface area contributed by atoms with E-state index in [1.807, 2.05) is 11.8 Å². The zero-order valence-electron chi connectivity index (χ0n) is 35.9. The first-order valence-corrected chi connectivity index (χ1v) is 23.6. The average molecular weight is 854 g/mol. The van der Waals surface area contributed by atoms with Crippen LogP contribution in [0.25, 0.3) is 99.0 Å². The maximum absolute atomic E-state index is 5.56. The number of aromatic nitrogens is 1. The van der Waals surface area contributed by atoms with Crippen molar-refractivity contribution in [2.45, 2.75) is 15.2 Å². The molecule has 11 aromatic carbocycles. The van der Waals surface area contributed by atoms with Gasteiger partial charge in [-0.1, -0.05) is 218 Å². The lowest BCUT2D eigenvalue weighted by molar-refractivity contribution is 0.724. The predicted octanol–water partition coefficient (Wildman–Crippen LogP) is 17.2. The van der Waals surface area contributed by atoms with Gasteiger partial charge in [-0.2, -0.15) is 0 Å². The van der Waals surface area contributed by atoms with E-state index in [0.717, 1.165) is 27.5 Å². The molecule has 1 aliphatic heterocycles. The average Bonchev–Trinajstić information content (AvgIpc) is 3.68. The van der Waals surface area contributed by atoms with Gasteiger partial charge in [0.2, 0.25) is 0 Å². The summed E-state index contributed by atoms with van der Waals surface area (Å²) < 4.78 is 0. The summed E-state index contributed by atoms with van der Waals surface area (Å²) in [5.74, 6) is 0. The van der Waals surface area contributed by atoms with Crippen LogP contribution in [-0.4, -0.2) is 4.98 Å². The van der Waals surface area contributed by atoms with Crippen molar-refractivity contribution >= 4 is 55.0 Å². The largest absolute Gasteiger partial charge is 0.247 e. The van der Waals surface area contributed by atoms with Crippen LogP contribution in [0.2, 0.25) is 0 Å². The highest BCUT2D eigenvalue weighted by Crippen LogP contribution is 2.63. The monoisotopic (exact) mass is 853 g/mol. The fourth-order valence-corrected chi connectivity index (χ4v) is 12.7. The molecule has 0 atom stereocenters. The quantitative estimate of drug-likeness (QED) is 0.129. The topological polar surface area (TPSA) is 12.9 Å². The molecule has 1 aliphatic carbocycles. The number of rotatable bonds is 4. The Hall–Kier alpha value is -8.04. The Morgan fingerprint density at radius 2 is 0.773 bits per heavy atom. The summed E-state index contributed by atoms with van der Waals surface area (Å²) in [6.45, 7) is 0. The fourth-order valence-electron chi connectivity index (χ4n) is 11.5. The number of nitrogens with zero attached hydrogens (tertiary/aromatic N) is 1. The normalized spacial score (nSPS) is 13.2. The zero-order valence-corrected chi connectivity index (χ0v) is 36.7. The number of hydrogen-bond acceptors (Lipinski definition) is 2. The Bertz CT molecular complexity index is 3840. The summed E-state index contributed by atoms with van der Waals surface area (Å²) in [5.41, 5.74) is 17.9. The summed E-state index contributed by atoms with van der Waals surface area (Å²) in [5, 5.41) is 8.48. The standard InChI is InChI=1S/C64H39NS/c1-3-17-40(18-4-1)41-31-33-42(34-32-41)61-47-23-7-9-25-49(47)62(50-26-10-8-24-48(50)61)44-35-36-58-52(37-44)51-38-57-60(39-53(51)63(65-58)43-19-5-2-6-20-43)66-59-30-16-15-29-56(59)64(57)54-27-13-11-21-45(54)46-22-12-14-28-55(46)64/h1-39H. The Morgan fingerprint density at radius 1 is 0.288 bits per heavy atom. The minimum absolute atomic E-state index is 0.486. The molecule has 0 bridgehead atoms. The molecule has 1 aromatic heterocycles. The summed E-state index contributed by atoms with van der Waals surface area (Å²) in [6.07, 6.45) is 0. The Balaban J connectivity index is 1.05. The molecule has 0 fully saturated rings. The third-order valence-corrected chi connectivity index (χ3v) is 15.4. The molecule has 0 saturated heterocycles. The Morgan fingerprint density at radius 3 is 1.41 bits per heavy atom. The van der Waals surface area contributed by atoms with Crippen LogP contribution in [0.1, 0.15) is 22.3 Å². The van der Waals surface area contributed by atoms with E-state index in [4.69, 9.17) is 4.98 Å².